The number of nitrogen functional groups attached to an aromatic ring is 1. The van der Waals surface area contributed by atoms with Gasteiger partial charge in [-0.05, 0) is 24.0 Å². The Balaban J connectivity index is 2.35. The van der Waals surface area contributed by atoms with Crippen molar-refractivity contribution in [2.45, 2.75) is 26.3 Å². The van der Waals surface area contributed by atoms with Gasteiger partial charge < -0.3 is 16.8 Å². The first-order chi connectivity index (χ1) is 7.81. The van der Waals surface area contributed by atoms with Gasteiger partial charge in [0.1, 0.15) is 0 Å². The lowest BCUT2D eigenvalue weighted by molar-refractivity contribution is 0.100. The van der Waals surface area contributed by atoms with E-state index in [-0.39, 0.29) is 5.41 Å². The molecule has 1 aliphatic rings. The van der Waals surface area contributed by atoms with Gasteiger partial charge >= 0.3 is 0 Å². The first kappa shape index (κ1) is 12.0. The van der Waals surface area contributed by atoms with E-state index in [1.807, 2.05) is 0 Å². The topological polar surface area (TPSA) is 81.1 Å². The van der Waals surface area contributed by atoms with E-state index in [2.05, 4.69) is 19.2 Å². The number of anilines is 2. The van der Waals surface area contributed by atoms with E-state index >= 15 is 0 Å². The average molecular weight is 254 g/mol. The molecule has 5 heteroatoms. The zero-order valence-electron chi connectivity index (χ0n) is 9.88. The van der Waals surface area contributed by atoms with Gasteiger partial charge in [-0.15, -0.1) is 0 Å². The minimum absolute atomic E-state index is 0.236. The lowest BCUT2D eigenvalue weighted by atomic mass is 10.1. The Morgan fingerprint density at radius 2 is 2.12 bits per heavy atom. The van der Waals surface area contributed by atoms with Gasteiger partial charge in [0.25, 0.3) is 5.91 Å². The van der Waals surface area contributed by atoms with Crippen LogP contribution in [0.4, 0.5) is 11.4 Å². The highest BCUT2D eigenvalue weighted by Gasteiger charge is 2.46. The fourth-order valence-corrected chi connectivity index (χ4v) is 2.14. The van der Waals surface area contributed by atoms with Gasteiger partial charge in [-0.3, -0.25) is 4.79 Å². The molecule has 4 nitrogen and oxygen atoms in total. The van der Waals surface area contributed by atoms with E-state index in [0.717, 1.165) is 6.42 Å². The highest BCUT2D eigenvalue weighted by atomic mass is 35.5. The summed E-state index contributed by atoms with van der Waals surface area (Å²) in [5.41, 5.74) is 12.6. The van der Waals surface area contributed by atoms with Crippen LogP contribution < -0.4 is 16.8 Å². The Morgan fingerprint density at radius 1 is 1.53 bits per heavy atom. The van der Waals surface area contributed by atoms with Crippen molar-refractivity contribution < 1.29 is 4.79 Å². The predicted molar refractivity (Wildman–Crippen MR) is 70.2 cm³/mol. The van der Waals surface area contributed by atoms with Crippen LogP contribution in [0.25, 0.3) is 0 Å². The summed E-state index contributed by atoms with van der Waals surface area (Å²) in [6.45, 7) is 4.31. The van der Waals surface area contributed by atoms with Crippen LogP contribution >= 0.6 is 11.6 Å². The zero-order chi connectivity index (χ0) is 12.8. The second-order valence-electron chi connectivity index (χ2n) is 5.18. The maximum atomic E-state index is 11.4. The third-order valence-electron chi connectivity index (χ3n) is 3.21. The summed E-state index contributed by atoms with van der Waals surface area (Å²) in [6, 6.07) is 3.49. The van der Waals surface area contributed by atoms with Gasteiger partial charge in [-0.2, -0.15) is 0 Å². The van der Waals surface area contributed by atoms with E-state index in [4.69, 9.17) is 23.1 Å². The van der Waals surface area contributed by atoms with Crippen molar-refractivity contribution in [2.75, 3.05) is 11.1 Å². The molecule has 0 saturated heterocycles. The quantitative estimate of drug-likeness (QED) is 0.723. The zero-order valence-corrected chi connectivity index (χ0v) is 10.6. The van der Waals surface area contributed by atoms with Crippen molar-refractivity contribution in [3.63, 3.8) is 0 Å². The lowest BCUT2D eigenvalue weighted by Gasteiger charge is -2.14. The van der Waals surface area contributed by atoms with Gasteiger partial charge in [0, 0.05) is 11.7 Å². The molecule has 0 heterocycles. The smallest absolute Gasteiger partial charge is 0.250 e. The second-order valence-corrected chi connectivity index (χ2v) is 5.59. The summed E-state index contributed by atoms with van der Waals surface area (Å²) >= 11 is 6.09. The van der Waals surface area contributed by atoms with Crippen LogP contribution in [0.5, 0.6) is 0 Å². The Kier molecular flexibility index (Phi) is 2.70. The summed E-state index contributed by atoms with van der Waals surface area (Å²) in [4.78, 5) is 11.4. The van der Waals surface area contributed by atoms with E-state index in [1.54, 1.807) is 12.1 Å². The number of nitrogens with one attached hydrogen (secondary N) is 1. The molecule has 17 heavy (non-hydrogen) atoms. The summed E-state index contributed by atoms with van der Waals surface area (Å²) < 4.78 is 0. The number of hydrogen-bond acceptors (Lipinski definition) is 3. The maximum absolute atomic E-state index is 11.4. The number of amides is 1. The third kappa shape index (κ3) is 2.31. The summed E-state index contributed by atoms with van der Waals surface area (Å²) in [5.74, 6) is -0.528. The molecule has 5 N–H and O–H groups in total. The number of rotatable bonds is 3. The molecule has 0 spiro atoms. The molecule has 1 aromatic rings. The molecular formula is C12H16ClN3O. The number of carbonyl (C=O) groups is 1. The Bertz CT molecular complexity index is 485. The first-order valence-corrected chi connectivity index (χ1v) is 5.84. The normalized spacial score (nSPS) is 21.0. The van der Waals surface area contributed by atoms with Crippen LogP contribution in [0, 0.1) is 5.41 Å². The molecule has 0 bridgehead atoms. The Hall–Kier alpha value is -1.42. The molecule has 1 aliphatic carbocycles. The molecule has 1 unspecified atom stereocenters. The van der Waals surface area contributed by atoms with Gasteiger partial charge in [0.05, 0.1) is 16.3 Å². The maximum Gasteiger partial charge on any atom is 0.250 e. The standard InChI is InChI=1S/C12H16ClN3O/c1-12(2)5-9(12)16-10-7(11(15)17)3-6(14)4-8(10)13/h3-4,9,16H,5,14H2,1-2H3,(H2,15,17). The van der Waals surface area contributed by atoms with Crippen molar-refractivity contribution in [3.05, 3.63) is 22.7 Å². The number of benzene rings is 1. The van der Waals surface area contributed by atoms with Gasteiger partial charge in [0.15, 0.2) is 0 Å². The third-order valence-corrected chi connectivity index (χ3v) is 3.51. The molecule has 2 rings (SSSR count). The van der Waals surface area contributed by atoms with Crippen LogP contribution in [-0.4, -0.2) is 11.9 Å². The van der Waals surface area contributed by atoms with Gasteiger partial charge in [0.2, 0.25) is 0 Å². The number of primary amides is 1. The molecule has 92 valence electrons. The van der Waals surface area contributed by atoms with Crippen molar-refractivity contribution in [1.82, 2.24) is 0 Å². The molecule has 1 fully saturated rings. The van der Waals surface area contributed by atoms with Crippen molar-refractivity contribution in [3.8, 4) is 0 Å². The van der Waals surface area contributed by atoms with Crippen molar-refractivity contribution in [2.24, 2.45) is 11.1 Å². The summed E-state index contributed by atoms with van der Waals surface area (Å²) in [5, 5.41) is 3.70. The molecule has 1 atom stereocenters. The minimum Gasteiger partial charge on any atom is -0.399 e. The molecule has 0 radical (unpaired) electrons. The number of carbonyl (C=O) groups excluding carboxylic acids is 1. The molecule has 1 amide bonds. The highest BCUT2D eigenvalue weighted by Crippen LogP contribution is 2.47. The van der Waals surface area contributed by atoms with Crippen LogP contribution in [0.15, 0.2) is 12.1 Å². The molecule has 1 saturated carbocycles. The number of hydrogen-bond donors (Lipinski definition) is 3. The lowest BCUT2D eigenvalue weighted by Crippen LogP contribution is -2.17. The Labute approximate surface area is 105 Å². The predicted octanol–water partition coefficient (Wildman–Crippen LogP) is 2.23. The molecular weight excluding hydrogens is 238 g/mol. The first-order valence-electron chi connectivity index (χ1n) is 5.46. The van der Waals surface area contributed by atoms with Crippen molar-refractivity contribution >= 4 is 28.9 Å². The SMILES string of the molecule is CC1(C)CC1Nc1c(Cl)cc(N)cc1C(N)=O. The second kappa shape index (κ2) is 3.81. The fraction of sp³-hybridized carbons (Fsp3) is 0.417. The van der Waals surface area contributed by atoms with Crippen LogP contribution in [-0.2, 0) is 0 Å². The van der Waals surface area contributed by atoms with Crippen LogP contribution in [0.2, 0.25) is 5.02 Å². The van der Waals surface area contributed by atoms with E-state index < -0.39 is 5.91 Å². The number of nitrogens with two attached hydrogens (primary N) is 2. The Morgan fingerprint density at radius 3 is 2.59 bits per heavy atom. The number of halogens is 1. The van der Waals surface area contributed by atoms with E-state index in [1.165, 1.54) is 0 Å². The largest absolute Gasteiger partial charge is 0.399 e. The molecule has 0 aliphatic heterocycles. The summed E-state index contributed by atoms with van der Waals surface area (Å²) in [7, 11) is 0. The van der Waals surface area contributed by atoms with Gasteiger partial charge in [-0.25, -0.2) is 0 Å². The molecule has 1 aromatic carbocycles. The van der Waals surface area contributed by atoms with E-state index in [9.17, 15) is 4.79 Å². The van der Waals surface area contributed by atoms with Crippen molar-refractivity contribution in [1.29, 1.82) is 0 Å². The average Bonchev–Trinajstić information content (AvgIpc) is 2.77. The van der Waals surface area contributed by atoms with Crippen LogP contribution in [0.1, 0.15) is 30.6 Å². The minimum atomic E-state index is -0.528. The fourth-order valence-electron chi connectivity index (χ4n) is 1.86. The summed E-state index contributed by atoms with van der Waals surface area (Å²) in [6.07, 6.45) is 1.05. The van der Waals surface area contributed by atoms with E-state index in [0.29, 0.717) is 28.0 Å². The van der Waals surface area contributed by atoms with Crippen LogP contribution in [0.3, 0.4) is 0 Å². The monoisotopic (exact) mass is 253 g/mol. The molecule has 0 aromatic heterocycles. The van der Waals surface area contributed by atoms with Gasteiger partial charge in [-0.1, -0.05) is 25.4 Å². The highest BCUT2D eigenvalue weighted by molar-refractivity contribution is 6.34.